The Morgan fingerprint density at radius 1 is 0.938 bits per heavy atom. The zero-order valence-corrected chi connectivity index (χ0v) is 8.97. The van der Waals surface area contributed by atoms with Crippen LogP contribution in [-0.2, 0) is 0 Å². The van der Waals surface area contributed by atoms with Gasteiger partial charge in [-0.15, -0.1) is 0 Å². The number of phenolic OH excluding ortho intramolecular Hbond substituents is 1. The molecular formula is C12H8F2OS. The molecule has 0 unspecified atom stereocenters. The SMILES string of the molecule is Oc1ccc(Sc2ccc(F)cc2F)cc1. The Morgan fingerprint density at radius 3 is 2.25 bits per heavy atom. The summed E-state index contributed by atoms with van der Waals surface area (Å²) < 4.78 is 26.0. The lowest BCUT2D eigenvalue weighted by molar-refractivity contribution is 0.475. The normalized spacial score (nSPS) is 10.4. The summed E-state index contributed by atoms with van der Waals surface area (Å²) in [6.07, 6.45) is 0. The van der Waals surface area contributed by atoms with Gasteiger partial charge >= 0.3 is 0 Å². The van der Waals surface area contributed by atoms with E-state index in [1.165, 1.54) is 36.0 Å². The summed E-state index contributed by atoms with van der Waals surface area (Å²) in [4.78, 5) is 1.13. The van der Waals surface area contributed by atoms with Gasteiger partial charge in [-0.3, -0.25) is 0 Å². The van der Waals surface area contributed by atoms with Crippen LogP contribution in [-0.4, -0.2) is 5.11 Å². The number of hydrogen-bond acceptors (Lipinski definition) is 2. The summed E-state index contributed by atoms with van der Waals surface area (Å²) in [5, 5.41) is 9.08. The molecule has 0 heterocycles. The van der Waals surface area contributed by atoms with Crippen LogP contribution in [0.1, 0.15) is 0 Å². The van der Waals surface area contributed by atoms with E-state index in [9.17, 15) is 8.78 Å². The van der Waals surface area contributed by atoms with Crippen molar-refractivity contribution in [3.63, 3.8) is 0 Å². The van der Waals surface area contributed by atoms with Crippen molar-refractivity contribution in [1.29, 1.82) is 0 Å². The molecule has 4 heteroatoms. The van der Waals surface area contributed by atoms with Crippen molar-refractivity contribution in [2.45, 2.75) is 9.79 Å². The number of rotatable bonds is 2. The van der Waals surface area contributed by atoms with E-state index in [4.69, 9.17) is 5.11 Å². The molecule has 16 heavy (non-hydrogen) atoms. The van der Waals surface area contributed by atoms with Crippen molar-refractivity contribution in [3.8, 4) is 5.75 Å². The summed E-state index contributed by atoms with van der Waals surface area (Å²) in [5.74, 6) is -1.02. The van der Waals surface area contributed by atoms with Gasteiger partial charge in [0.25, 0.3) is 0 Å². The highest BCUT2D eigenvalue weighted by Gasteiger charge is 2.05. The summed E-state index contributed by atoms with van der Waals surface area (Å²) in [6.45, 7) is 0. The molecule has 0 atom stereocenters. The maximum absolute atomic E-state index is 13.3. The molecule has 0 spiro atoms. The van der Waals surface area contributed by atoms with E-state index in [1.807, 2.05) is 0 Å². The first-order chi connectivity index (χ1) is 7.65. The molecule has 0 amide bonds. The second kappa shape index (κ2) is 4.53. The summed E-state index contributed by atoms with van der Waals surface area (Å²) in [6, 6.07) is 9.83. The lowest BCUT2D eigenvalue weighted by Crippen LogP contribution is -1.83. The average molecular weight is 238 g/mol. The minimum atomic E-state index is -0.590. The number of benzene rings is 2. The number of phenols is 1. The topological polar surface area (TPSA) is 20.2 Å². The van der Waals surface area contributed by atoms with E-state index >= 15 is 0 Å². The summed E-state index contributed by atoms with van der Waals surface area (Å²) >= 11 is 1.18. The van der Waals surface area contributed by atoms with Crippen LogP contribution in [0.3, 0.4) is 0 Å². The Morgan fingerprint density at radius 2 is 1.62 bits per heavy atom. The van der Waals surface area contributed by atoms with Crippen LogP contribution in [0.5, 0.6) is 5.75 Å². The van der Waals surface area contributed by atoms with Gasteiger partial charge in [-0.25, -0.2) is 8.78 Å². The maximum Gasteiger partial charge on any atom is 0.140 e. The van der Waals surface area contributed by atoms with Crippen LogP contribution in [0.15, 0.2) is 52.3 Å². The molecule has 0 bridgehead atoms. The zero-order chi connectivity index (χ0) is 11.5. The Labute approximate surface area is 95.7 Å². The molecule has 0 aromatic heterocycles. The molecule has 2 aromatic rings. The Balaban J connectivity index is 2.23. The third kappa shape index (κ3) is 2.52. The zero-order valence-electron chi connectivity index (χ0n) is 8.15. The van der Waals surface area contributed by atoms with Gasteiger partial charge in [0, 0.05) is 15.9 Å². The predicted molar refractivity (Wildman–Crippen MR) is 58.6 cm³/mol. The molecule has 0 fully saturated rings. The molecule has 1 N–H and O–H groups in total. The molecule has 0 saturated heterocycles. The van der Waals surface area contributed by atoms with Crippen LogP contribution >= 0.6 is 11.8 Å². The van der Waals surface area contributed by atoms with Crippen molar-refractivity contribution in [2.24, 2.45) is 0 Å². The predicted octanol–water partition coefficient (Wildman–Crippen LogP) is 3.82. The van der Waals surface area contributed by atoms with Gasteiger partial charge < -0.3 is 5.11 Å². The first kappa shape index (κ1) is 11.0. The lowest BCUT2D eigenvalue weighted by Gasteiger charge is -2.03. The van der Waals surface area contributed by atoms with E-state index in [0.29, 0.717) is 4.90 Å². The van der Waals surface area contributed by atoms with Gasteiger partial charge in [0.05, 0.1) is 0 Å². The number of halogens is 2. The minimum absolute atomic E-state index is 0.156. The quantitative estimate of drug-likeness (QED) is 0.858. The second-order valence-corrected chi connectivity index (χ2v) is 4.29. The summed E-state index contributed by atoms with van der Waals surface area (Å²) in [7, 11) is 0. The Hall–Kier alpha value is -1.55. The van der Waals surface area contributed by atoms with Crippen LogP contribution in [0.4, 0.5) is 8.78 Å². The van der Waals surface area contributed by atoms with Crippen molar-refractivity contribution in [3.05, 3.63) is 54.1 Å². The summed E-state index contributed by atoms with van der Waals surface area (Å²) in [5.41, 5.74) is 0. The van der Waals surface area contributed by atoms with Crippen molar-refractivity contribution in [2.75, 3.05) is 0 Å². The maximum atomic E-state index is 13.3. The Kier molecular flexibility index (Phi) is 3.10. The van der Waals surface area contributed by atoms with Crippen molar-refractivity contribution < 1.29 is 13.9 Å². The van der Waals surface area contributed by atoms with Crippen LogP contribution in [0, 0.1) is 11.6 Å². The lowest BCUT2D eigenvalue weighted by atomic mass is 10.3. The molecule has 0 aliphatic heterocycles. The molecule has 1 nitrogen and oxygen atoms in total. The average Bonchev–Trinajstić information content (AvgIpc) is 2.25. The van der Waals surface area contributed by atoms with E-state index < -0.39 is 11.6 Å². The fourth-order valence-corrected chi connectivity index (χ4v) is 2.02. The van der Waals surface area contributed by atoms with Gasteiger partial charge in [-0.1, -0.05) is 11.8 Å². The monoisotopic (exact) mass is 238 g/mol. The van der Waals surface area contributed by atoms with Gasteiger partial charge in [-0.05, 0) is 36.4 Å². The first-order valence-electron chi connectivity index (χ1n) is 4.57. The first-order valence-corrected chi connectivity index (χ1v) is 5.39. The van der Waals surface area contributed by atoms with Crippen LogP contribution in [0.25, 0.3) is 0 Å². The molecule has 0 saturated carbocycles. The highest BCUT2D eigenvalue weighted by atomic mass is 32.2. The van der Waals surface area contributed by atoms with Gasteiger partial charge in [0.1, 0.15) is 17.4 Å². The van der Waals surface area contributed by atoms with E-state index in [2.05, 4.69) is 0 Å². The van der Waals surface area contributed by atoms with Gasteiger partial charge in [0.15, 0.2) is 0 Å². The van der Waals surface area contributed by atoms with Gasteiger partial charge in [-0.2, -0.15) is 0 Å². The van der Waals surface area contributed by atoms with E-state index in [0.717, 1.165) is 11.0 Å². The number of aromatic hydroxyl groups is 1. The fourth-order valence-electron chi connectivity index (χ4n) is 1.20. The highest BCUT2D eigenvalue weighted by molar-refractivity contribution is 7.99. The molecule has 0 radical (unpaired) electrons. The molecule has 0 aliphatic rings. The van der Waals surface area contributed by atoms with Crippen LogP contribution < -0.4 is 0 Å². The standard InChI is InChI=1S/C12H8F2OS/c13-8-1-6-12(11(14)7-8)16-10-4-2-9(15)3-5-10/h1-7,15H. The van der Waals surface area contributed by atoms with Crippen molar-refractivity contribution >= 4 is 11.8 Å². The largest absolute Gasteiger partial charge is 0.508 e. The van der Waals surface area contributed by atoms with E-state index in [-0.39, 0.29) is 5.75 Å². The minimum Gasteiger partial charge on any atom is -0.508 e. The third-order valence-corrected chi connectivity index (χ3v) is 3.02. The number of hydrogen-bond donors (Lipinski definition) is 1. The highest BCUT2D eigenvalue weighted by Crippen LogP contribution is 2.30. The Bertz CT molecular complexity index is 497. The van der Waals surface area contributed by atoms with Crippen molar-refractivity contribution in [1.82, 2.24) is 0 Å². The third-order valence-electron chi connectivity index (χ3n) is 1.96. The van der Waals surface area contributed by atoms with Crippen LogP contribution in [0.2, 0.25) is 0 Å². The molecule has 2 rings (SSSR count). The molecule has 2 aromatic carbocycles. The second-order valence-electron chi connectivity index (χ2n) is 3.17. The molecule has 82 valence electrons. The van der Waals surface area contributed by atoms with Gasteiger partial charge in [0.2, 0.25) is 0 Å². The van der Waals surface area contributed by atoms with E-state index in [1.54, 1.807) is 12.1 Å². The smallest absolute Gasteiger partial charge is 0.140 e. The fraction of sp³-hybridized carbons (Fsp3) is 0. The molecule has 0 aliphatic carbocycles. The molecular weight excluding hydrogens is 230 g/mol.